The fraction of sp³-hybridized carbons (Fsp3) is 1.00. The van der Waals surface area contributed by atoms with E-state index in [-0.39, 0.29) is 0 Å². The summed E-state index contributed by atoms with van der Waals surface area (Å²) < 4.78 is 8.88. The molecule has 0 amide bonds. The smallest absolute Gasteiger partial charge is 0.303 e. The van der Waals surface area contributed by atoms with E-state index in [9.17, 15) is 0 Å². The summed E-state index contributed by atoms with van der Waals surface area (Å²) in [7, 11) is -4.64. The van der Waals surface area contributed by atoms with Crippen LogP contribution in [0.1, 0.15) is 52.4 Å². The summed E-state index contributed by atoms with van der Waals surface area (Å²) in [5, 5.41) is 0. The molecule has 0 aromatic rings. The van der Waals surface area contributed by atoms with E-state index >= 15 is 0 Å². The van der Waals surface area contributed by atoms with Gasteiger partial charge in [0, 0.05) is 0 Å². The minimum atomic E-state index is -4.64. The van der Waals surface area contributed by atoms with E-state index in [0.717, 1.165) is 0 Å². The summed E-state index contributed by atoms with van der Waals surface area (Å²) in [6.07, 6.45) is 8.40. The molecule has 0 aliphatic carbocycles. The Balaban J connectivity index is 0. The Morgan fingerprint density at radius 1 is 0.875 bits per heavy atom. The van der Waals surface area contributed by atoms with Crippen molar-refractivity contribution in [2.45, 2.75) is 52.4 Å². The molecule has 100 valence electrons. The van der Waals surface area contributed by atoms with Crippen molar-refractivity contribution in [3.8, 4) is 0 Å². The zero-order valence-corrected chi connectivity index (χ0v) is 12.0. The van der Waals surface area contributed by atoms with Gasteiger partial charge in [0.15, 0.2) is 0 Å². The molecule has 0 aliphatic rings. The molecule has 0 fully saturated rings. The maximum atomic E-state index is 8.88. The van der Waals surface area contributed by atoms with Crippen molar-refractivity contribution in [1.29, 1.82) is 0 Å². The molecule has 0 spiro atoms. The van der Waals surface area contributed by atoms with E-state index in [1.54, 1.807) is 0 Å². The Bertz CT molecular complexity index is 156. The maximum Gasteiger partial charge on any atom is 0.466 e. The van der Waals surface area contributed by atoms with Gasteiger partial charge in [-0.2, -0.15) is 11.8 Å². The number of unbranched alkanes of at least 4 members (excludes halogenated alkanes) is 4. The standard InChI is InChI=1S/C10H22S.H3O4P/c1-3-5-7-9-11-10-8-6-4-2;1-5(2,3)4/h3-10H2,1-2H3;(H3,1,2,3,4). The second-order valence-electron chi connectivity index (χ2n) is 3.54. The van der Waals surface area contributed by atoms with E-state index in [1.165, 1.54) is 50.0 Å². The van der Waals surface area contributed by atoms with Crippen molar-refractivity contribution in [2.75, 3.05) is 11.5 Å². The average molecular weight is 272 g/mol. The molecule has 16 heavy (non-hydrogen) atoms. The Kier molecular flexibility index (Phi) is 15.9. The zero-order chi connectivity index (χ0) is 12.9. The summed E-state index contributed by atoms with van der Waals surface area (Å²) in [6, 6.07) is 0. The Hall–Kier alpha value is 0.460. The van der Waals surface area contributed by atoms with Gasteiger partial charge in [0.05, 0.1) is 0 Å². The van der Waals surface area contributed by atoms with E-state index in [2.05, 4.69) is 25.6 Å². The minimum Gasteiger partial charge on any atom is -0.303 e. The molecule has 0 saturated heterocycles. The molecule has 0 heterocycles. The second-order valence-corrected chi connectivity index (χ2v) is 5.79. The highest BCUT2D eigenvalue weighted by molar-refractivity contribution is 7.99. The van der Waals surface area contributed by atoms with Gasteiger partial charge in [-0.15, -0.1) is 0 Å². The molecule has 0 radical (unpaired) electrons. The lowest BCUT2D eigenvalue weighted by Gasteiger charge is -1.99. The topological polar surface area (TPSA) is 77.8 Å². The van der Waals surface area contributed by atoms with E-state index in [4.69, 9.17) is 19.2 Å². The average Bonchev–Trinajstić information content (AvgIpc) is 2.14. The zero-order valence-electron chi connectivity index (χ0n) is 10.3. The van der Waals surface area contributed by atoms with Crippen LogP contribution >= 0.6 is 19.6 Å². The SMILES string of the molecule is CCCCCSCCCCC.O=P(O)(O)O. The van der Waals surface area contributed by atoms with E-state index in [0.29, 0.717) is 0 Å². The number of rotatable bonds is 8. The van der Waals surface area contributed by atoms with Gasteiger partial charge in [-0.05, 0) is 24.3 Å². The molecule has 0 saturated carbocycles. The normalized spacial score (nSPS) is 10.8. The van der Waals surface area contributed by atoms with Crippen LogP contribution in [0, 0.1) is 0 Å². The van der Waals surface area contributed by atoms with Crippen molar-refractivity contribution in [3.05, 3.63) is 0 Å². The van der Waals surface area contributed by atoms with Crippen LogP contribution in [-0.4, -0.2) is 26.2 Å². The monoisotopic (exact) mass is 272 g/mol. The molecule has 0 aromatic carbocycles. The molecular weight excluding hydrogens is 247 g/mol. The lowest BCUT2D eigenvalue weighted by molar-refractivity contribution is 0.275. The van der Waals surface area contributed by atoms with Gasteiger partial charge in [0.2, 0.25) is 0 Å². The van der Waals surface area contributed by atoms with Gasteiger partial charge in [0.1, 0.15) is 0 Å². The number of phosphoric acid groups is 1. The first-order chi connectivity index (χ1) is 7.41. The van der Waals surface area contributed by atoms with Crippen LogP contribution in [0.3, 0.4) is 0 Å². The first kappa shape index (κ1) is 18.8. The van der Waals surface area contributed by atoms with Crippen LogP contribution in [0.2, 0.25) is 0 Å². The fourth-order valence-corrected chi connectivity index (χ4v) is 2.03. The van der Waals surface area contributed by atoms with Crippen LogP contribution in [0.15, 0.2) is 0 Å². The molecule has 0 aliphatic heterocycles. The lowest BCUT2D eigenvalue weighted by atomic mass is 10.3. The minimum absolute atomic E-state index is 1.36. The highest BCUT2D eigenvalue weighted by Gasteiger charge is 2.00. The third-order valence-electron chi connectivity index (χ3n) is 1.78. The van der Waals surface area contributed by atoms with Crippen molar-refractivity contribution in [3.63, 3.8) is 0 Å². The summed E-state index contributed by atoms with van der Waals surface area (Å²) >= 11 is 2.13. The van der Waals surface area contributed by atoms with Gasteiger partial charge in [-0.1, -0.05) is 39.5 Å². The highest BCUT2D eigenvalue weighted by atomic mass is 32.2. The molecule has 0 unspecified atom stereocenters. The Labute approximate surface area is 103 Å². The third kappa shape index (κ3) is 36.6. The van der Waals surface area contributed by atoms with Gasteiger partial charge in [-0.25, -0.2) is 4.57 Å². The van der Waals surface area contributed by atoms with Gasteiger partial charge >= 0.3 is 7.82 Å². The van der Waals surface area contributed by atoms with Gasteiger partial charge in [0.25, 0.3) is 0 Å². The summed E-state index contributed by atoms with van der Waals surface area (Å²) in [4.78, 5) is 21.6. The summed E-state index contributed by atoms with van der Waals surface area (Å²) in [5.74, 6) is 2.77. The molecule has 6 heteroatoms. The lowest BCUT2D eigenvalue weighted by Crippen LogP contribution is -1.83. The predicted molar refractivity (Wildman–Crippen MR) is 70.6 cm³/mol. The molecule has 0 aromatic heterocycles. The van der Waals surface area contributed by atoms with Gasteiger partial charge in [-0.3, -0.25) is 0 Å². The first-order valence-corrected chi connectivity index (χ1v) is 8.49. The summed E-state index contributed by atoms with van der Waals surface area (Å²) in [6.45, 7) is 4.53. The molecule has 0 rings (SSSR count). The first-order valence-electron chi connectivity index (χ1n) is 5.77. The molecule has 0 bridgehead atoms. The van der Waals surface area contributed by atoms with Crippen molar-refractivity contribution in [2.24, 2.45) is 0 Å². The number of hydrogen-bond donors (Lipinski definition) is 3. The van der Waals surface area contributed by atoms with Crippen LogP contribution in [0.25, 0.3) is 0 Å². The Morgan fingerprint density at radius 2 is 1.19 bits per heavy atom. The van der Waals surface area contributed by atoms with Crippen LogP contribution in [0.4, 0.5) is 0 Å². The number of hydrogen-bond acceptors (Lipinski definition) is 2. The number of thioether (sulfide) groups is 1. The maximum absolute atomic E-state index is 8.88. The van der Waals surface area contributed by atoms with Crippen molar-refractivity contribution < 1.29 is 19.2 Å². The van der Waals surface area contributed by atoms with E-state index in [1.807, 2.05) is 0 Å². The van der Waals surface area contributed by atoms with Crippen molar-refractivity contribution in [1.82, 2.24) is 0 Å². The third-order valence-corrected chi connectivity index (χ3v) is 2.94. The highest BCUT2D eigenvalue weighted by Crippen LogP contribution is 2.25. The van der Waals surface area contributed by atoms with Gasteiger partial charge < -0.3 is 14.7 Å². The Morgan fingerprint density at radius 3 is 1.44 bits per heavy atom. The molecule has 0 atom stereocenters. The van der Waals surface area contributed by atoms with Crippen LogP contribution in [-0.2, 0) is 4.57 Å². The van der Waals surface area contributed by atoms with Crippen molar-refractivity contribution >= 4 is 19.6 Å². The molecule has 3 N–H and O–H groups in total. The fourth-order valence-electron chi connectivity index (χ4n) is 1.01. The quantitative estimate of drug-likeness (QED) is 0.467. The van der Waals surface area contributed by atoms with E-state index < -0.39 is 7.82 Å². The molecule has 4 nitrogen and oxygen atoms in total. The second kappa shape index (κ2) is 13.5. The summed E-state index contributed by atoms with van der Waals surface area (Å²) in [5.41, 5.74) is 0. The largest absolute Gasteiger partial charge is 0.466 e. The van der Waals surface area contributed by atoms with Crippen LogP contribution in [0.5, 0.6) is 0 Å². The predicted octanol–water partition coefficient (Wildman–Crippen LogP) is 3.17. The molecular formula is C10H25O4PS. The van der Waals surface area contributed by atoms with Crippen LogP contribution < -0.4 is 0 Å².